The SMILES string of the molecule is COC(=O)CCCCCO[C@@H]1O[C@H](CO)[C@@H](O)[C@H](O)[C@@H]1O[C@@H]1OC[C@@H](OC(=O)c2ccccc2)[C@H](OC(=O)c2ccccc2)[C@H]1OC(=O)c1ccccc1. The Balaban J connectivity index is 1.43. The number of benzene rings is 3. The summed E-state index contributed by atoms with van der Waals surface area (Å²) in [6.07, 6.45) is -11.8. The Hall–Kier alpha value is -4.74. The number of methoxy groups -OCH3 is 1. The van der Waals surface area contributed by atoms with Gasteiger partial charge >= 0.3 is 23.9 Å². The van der Waals surface area contributed by atoms with Crippen LogP contribution in [0.15, 0.2) is 91.0 Å². The predicted molar refractivity (Wildman–Crippen MR) is 186 cm³/mol. The van der Waals surface area contributed by atoms with Gasteiger partial charge in [-0.3, -0.25) is 4.79 Å². The zero-order chi connectivity index (χ0) is 38.5. The van der Waals surface area contributed by atoms with Crippen LogP contribution in [0.2, 0.25) is 0 Å². The van der Waals surface area contributed by atoms with Crippen LogP contribution in [-0.4, -0.2) is 121 Å². The van der Waals surface area contributed by atoms with Gasteiger partial charge in [0.1, 0.15) is 24.4 Å². The van der Waals surface area contributed by atoms with E-state index in [2.05, 4.69) is 4.74 Å². The number of unbranched alkanes of at least 4 members (excludes halogenated alkanes) is 2. The van der Waals surface area contributed by atoms with Crippen LogP contribution < -0.4 is 0 Å². The average molecular weight is 753 g/mol. The van der Waals surface area contributed by atoms with E-state index in [1.54, 1.807) is 54.6 Å². The molecule has 0 saturated carbocycles. The number of carbonyl (C=O) groups is 4. The van der Waals surface area contributed by atoms with Gasteiger partial charge in [-0.15, -0.1) is 0 Å². The molecule has 15 heteroatoms. The molecule has 15 nitrogen and oxygen atoms in total. The zero-order valence-electron chi connectivity index (χ0n) is 29.5. The highest BCUT2D eigenvalue weighted by atomic mass is 16.8. The lowest BCUT2D eigenvalue weighted by Gasteiger charge is -2.46. The number of esters is 4. The quantitative estimate of drug-likeness (QED) is 0.109. The number of carbonyl (C=O) groups excluding carboxylic acids is 4. The van der Waals surface area contributed by atoms with Gasteiger partial charge in [0.25, 0.3) is 0 Å². The minimum Gasteiger partial charge on any atom is -0.469 e. The Morgan fingerprint density at radius 2 is 1.20 bits per heavy atom. The average Bonchev–Trinajstić information content (AvgIpc) is 3.21. The molecule has 0 radical (unpaired) electrons. The fourth-order valence-electron chi connectivity index (χ4n) is 5.88. The van der Waals surface area contributed by atoms with Crippen molar-refractivity contribution in [2.75, 3.05) is 26.9 Å². The summed E-state index contributed by atoms with van der Waals surface area (Å²) in [5, 5.41) is 31.9. The molecule has 0 aromatic heterocycles. The summed E-state index contributed by atoms with van der Waals surface area (Å²) in [6.45, 7) is -1.01. The molecule has 0 aliphatic carbocycles. The van der Waals surface area contributed by atoms with Gasteiger partial charge in [-0.25, -0.2) is 14.4 Å². The van der Waals surface area contributed by atoms with E-state index in [-0.39, 0.29) is 35.7 Å². The number of aliphatic hydroxyl groups is 3. The summed E-state index contributed by atoms with van der Waals surface area (Å²) in [7, 11) is 1.30. The largest absolute Gasteiger partial charge is 0.469 e. The van der Waals surface area contributed by atoms with Gasteiger partial charge in [0.05, 0.1) is 37.0 Å². The Morgan fingerprint density at radius 1 is 0.667 bits per heavy atom. The molecule has 0 amide bonds. The van der Waals surface area contributed by atoms with Crippen molar-refractivity contribution in [1.29, 1.82) is 0 Å². The maximum absolute atomic E-state index is 13.6. The van der Waals surface area contributed by atoms with Crippen molar-refractivity contribution in [3.63, 3.8) is 0 Å². The lowest BCUT2D eigenvalue weighted by molar-refractivity contribution is -0.355. The molecule has 2 fully saturated rings. The number of hydrogen-bond donors (Lipinski definition) is 3. The summed E-state index contributed by atoms with van der Waals surface area (Å²) in [4.78, 5) is 51.8. The minimum atomic E-state index is -1.71. The van der Waals surface area contributed by atoms with Crippen LogP contribution in [-0.2, 0) is 42.7 Å². The van der Waals surface area contributed by atoms with Crippen LogP contribution in [0.25, 0.3) is 0 Å². The number of ether oxygens (including phenoxy) is 8. The normalized spacial score (nSPS) is 26.6. The summed E-state index contributed by atoms with van der Waals surface area (Å²) >= 11 is 0. The second-order valence-corrected chi connectivity index (χ2v) is 12.5. The van der Waals surface area contributed by atoms with Crippen molar-refractivity contribution in [3.05, 3.63) is 108 Å². The van der Waals surface area contributed by atoms with E-state index in [1.807, 2.05) is 0 Å². The smallest absolute Gasteiger partial charge is 0.338 e. The second-order valence-electron chi connectivity index (χ2n) is 12.5. The van der Waals surface area contributed by atoms with Crippen LogP contribution in [0.4, 0.5) is 0 Å². The van der Waals surface area contributed by atoms with Crippen LogP contribution in [0.1, 0.15) is 56.8 Å². The molecular formula is C39H44O15. The molecule has 5 rings (SSSR count). The van der Waals surface area contributed by atoms with Crippen molar-refractivity contribution >= 4 is 23.9 Å². The minimum absolute atomic E-state index is 0.0689. The maximum atomic E-state index is 13.6. The molecule has 9 atom stereocenters. The van der Waals surface area contributed by atoms with E-state index < -0.39 is 86.4 Å². The molecule has 2 saturated heterocycles. The van der Waals surface area contributed by atoms with E-state index in [9.17, 15) is 34.5 Å². The van der Waals surface area contributed by atoms with E-state index in [4.69, 9.17) is 33.2 Å². The van der Waals surface area contributed by atoms with Crippen LogP contribution in [0, 0.1) is 0 Å². The number of aliphatic hydroxyl groups excluding tert-OH is 3. The monoisotopic (exact) mass is 752 g/mol. The third-order valence-electron chi connectivity index (χ3n) is 8.81. The van der Waals surface area contributed by atoms with Crippen molar-refractivity contribution in [2.45, 2.75) is 81.0 Å². The first-order valence-electron chi connectivity index (χ1n) is 17.6. The van der Waals surface area contributed by atoms with Gasteiger partial charge in [0, 0.05) is 13.0 Å². The van der Waals surface area contributed by atoms with Crippen LogP contribution in [0.3, 0.4) is 0 Å². The van der Waals surface area contributed by atoms with Crippen LogP contribution >= 0.6 is 0 Å². The highest BCUT2D eigenvalue weighted by Gasteiger charge is 2.53. The Morgan fingerprint density at radius 3 is 1.74 bits per heavy atom. The fourth-order valence-corrected chi connectivity index (χ4v) is 5.88. The van der Waals surface area contributed by atoms with Crippen LogP contribution in [0.5, 0.6) is 0 Å². The summed E-state index contributed by atoms with van der Waals surface area (Å²) in [5.74, 6) is -2.82. The second kappa shape index (κ2) is 20.1. The van der Waals surface area contributed by atoms with Crippen molar-refractivity contribution in [2.24, 2.45) is 0 Å². The molecule has 0 spiro atoms. The van der Waals surface area contributed by atoms with Gasteiger partial charge in [0.2, 0.25) is 0 Å². The predicted octanol–water partition coefficient (Wildman–Crippen LogP) is 2.59. The lowest BCUT2D eigenvalue weighted by atomic mass is 9.98. The molecule has 3 aromatic carbocycles. The molecule has 2 heterocycles. The first-order chi connectivity index (χ1) is 26.2. The van der Waals surface area contributed by atoms with Gasteiger partial charge < -0.3 is 53.2 Å². The first-order valence-corrected chi connectivity index (χ1v) is 17.6. The lowest BCUT2D eigenvalue weighted by Crippen LogP contribution is -2.64. The van der Waals surface area contributed by atoms with E-state index >= 15 is 0 Å². The number of hydrogen-bond acceptors (Lipinski definition) is 15. The molecule has 0 bridgehead atoms. The highest BCUT2D eigenvalue weighted by molar-refractivity contribution is 5.91. The molecule has 0 unspecified atom stereocenters. The fraction of sp³-hybridized carbons (Fsp3) is 0.436. The van der Waals surface area contributed by atoms with E-state index in [0.717, 1.165) is 0 Å². The molecular weight excluding hydrogens is 708 g/mol. The Bertz CT molecular complexity index is 1640. The Labute approximate surface area is 311 Å². The third-order valence-corrected chi connectivity index (χ3v) is 8.81. The van der Waals surface area contributed by atoms with Gasteiger partial charge in [-0.2, -0.15) is 0 Å². The summed E-state index contributed by atoms with van der Waals surface area (Å²) < 4.78 is 46.3. The molecule has 2 aliphatic rings. The molecule has 2 aliphatic heterocycles. The zero-order valence-corrected chi connectivity index (χ0v) is 29.5. The molecule has 3 N–H and O–H groups in total. The third kappa shape index (κ3) is 10.7. The van der Waals surface area contributed by atoms with Crippen molar-refractivity contribution in [3.8, 4) is 0 Å². The van der Waals surface area contributed by atoms with Crippen molar-refractivity contribution < 1.29 is 72.4 Å². The first kappa shape index (κ1) is 40.4. The Kier molecular flexibility index (Phi) is 15.0. The van der Waals surface area contributed by atoms with E-state index in [0.29, 0.717) is 19.3 Å². The molecule has 54 heavy (non-hydrogen) atoms. The van der Waals surface area contributed by atoms with E-state index in [1.165, 1.54) is 43.5 Å². The summed E-state index contributed by atoms with van der Waals surface area (Å²) in [5.41, 5.74) is 0.475. The maximum Gasteiger partial charge on any atom is 0.338 e. The van der Waals surface area contributed by atoms with Crippen molar-refractivity contribution in [1.82, 2.24) is 0 Å². The molecule has 3 aromatic rings. The molecule has 290 valence electrons. The highest BCUT2D eigenvalue weighted by Crippen LogP contribution is 2.32. The van der Waals surface area contributed by atoms with Gasteiger partial charge in [0.15, 0.2) is 30.9 Å². The standard InChI is InChI=1S/C39H44O15/c1-47-29(41)20-12-5-13-21-48-38-33(31(43)30(42)27(22-40)51-38)54-39-34(53-37(46)26-18-10-4-11-19-26)32(52-36(45)25-16-8-3-9-17-25)28(23-49-39)50-35(44)24-14-6-2-7-15-24/h2-4,6-11,14-19,27-28,30-34,38-40,42-43H,5,12-13,20-23H2,1H3/t27-,28-,30-,31+,32+,33+,34-,38-,39+/m1/s1. The summed E-state index contributed by atoms with van der Waals surface area (Å²) in [6, 6.07) is 24.0. The van der Waals surface area contributed by atoms with Gasteiger partial charge in [-0.1, -0.05) is 61.0 Å². The number of rotatable bonds is 16. The topological polar surface area (TPSA) is 203 Å². The van der Waals surface area contributed by atoms with Gasteiger partial charge in [-0.05, 0) is 49.2 Å².